The molecule has 3 nitrogen and oxygen atoms in total. The van der Waals surface area contributed by atoms with Gasteiger partial charge >= 0.3 is 12.4 Å². The number of hydrogen-bond donors (Lipinski definition) is 1. The fourth-order valence-electron chi connectivity index (χ4n) is 3.23. The van der Waals surface area contributed by atoms with E-state index in [1.54, 1.807) is 24.3 Å². The average molecular weight is 363 g/mol. The highest BCUT2D eigenvalue weighted by Crippen LogP contribution is 2.52. The third kappa shape index (κ3) is 3.37. The number of nitrogens with one attached hydrogen (secondary N) is 1. The van der Waals surface area contributed by atoms with Crippen molar-refractivity contribution >= 4 is 0 Å². The fraction of sp³-hybridized carbons (Fsp3) is 0.438. The Kier molecular flexibility index (Phi) is 4.30. The number of alkyl halides is 6. The molecule has 25 heavy (non-hydrogen) atoms. The van der Waals surface area contributed by atoms with Crippen LogP contribution >= 0.6 is 0 Å². The van der Waals surface area contributed by atoms with Gasteiger partial charge in [0.15, 0.2) is 5.92 Å². The predicted octanol–water partition coefficient (Wildman–Crippen LogP) is 3.51. The van der Waals surface area contributed by atoms with Gasteiger partial charge in [0.1, 0.15) is 0 Å². The standard InChI is InChI=1S/C16H15F6N3/c17-15(18,19)13(16(20,21)22)14(9-23-10-14)12-6-7-25(24-12)8-11-4-2-1-3-5-11/h1-7,13,23H,8-10H2. The third-order valence-electron chi connectivity index (χ3n) is 4.43. The Morgan fingerprint density at radius 2 is 1.60 bits per heavy atom. The van der Waals surface area contributed by atoms with Crippen LogP contribution < -0.4 is 5.32 Å². The number of aromatic nitrogens is 2. The lowest BCUT2D eigenvalue weighted by Gasteiger charge is -2.47. The molecule has 0 atom stereocenters. The van der Waals surface area contributed by atoms with E-state index >= 15 is 0 Å². The number of benzene rings is 1. The number of hydrogen-bond acceptors (Lipinski definition) is 2. The molecular formula is C16H15F6N3. The van der Waals surface area contributed by atoms with Gasteiger partial charge in [-0.3, -0.25) is 4.68 Å². The summed E-state index contributed by atoms with van der Waals surface area (Å²) in [5.41, 5.74) is -1.47. The van der Waals surface area contributed by atoms with Gasteiger partial charge in [0, 0.05) is 19.3 Å². The minimum atomic E-state index is -5.40. The molecule has 3 rings (SSSR count). The second-order valence-corrected chi connectivity index (χ2v) is 6.16. The molecule has 1 N–H and O–H groups in total. The maximum absolute atomic E-state index is 13.2. The van der Waals surface area contributed by atoms with Gasteiger partial charge < -0.3 is 5.32 Å². The van der Waals surface area contributed by atoms with E-state index < -0.39 is 36.8 Å². The Labute approximate surface area is 139 Å². The van der Waals surface area contributed by atoms with Gasteiger partial charge in [0.25, 0.3) is 0 Å². The lowest BCUT2D eigenvalue weighted by molar-refractivity contribution is -0.308. The maximum Gasteiger partial charge on any atom is 0.401 e. The van der Waals surface area contributed by atoms with Crippen molar-refractivity contribution in [3.8, 4) is 0 Å². The van der Waals surface area contributed by atoms with E-state index in [4.69, 9.17) is 0 Å². The van der Waals surface area contributed by atoms with Crippen molar-refractivity contribution in [3.63, 3.8) is 0 Å². The first-order valence-corrected chi connectivity index (χ1v) is 7.55. The van der Waals surface area contributed by atoms with E-state index in [0.717, 1.165) is 5.56 Å². The third-order valence-corrected chi connectivity index (χ3v) is 4.43. The fourth-order valence-corrected chi connectivity index (χ4v) is 3.23. The first kappa shape index (κ1) is 17.8. The molecular weight excluding hydrogens is 348 g/mol. The van der Waals surface area contributed by atoms with Crippen molar-refractivity contribution in [2.45, 2.75) is 24.3 Å². The van der Waals surface area contributed by atoms with Gasteiger partial charge in [-0.25, -0.2) is 0 Å². The smallest absolute Gasteiger partial charge is 0.315 e. The van der Waals surface area contributed by atoms with Crippen molar-refractivity contribution in [2.24, 2.45) is 5.92 Å². The van der Waals surface area contributed by atoms with E-state index in [0.29, 0.717) is 0 Å². The van der Waals surface area contributed by atoms with E-state index in [1.165, 1.54) is 16.9 Å². The Bertz CT molecular complexity index is 701. The van der Waals surface area contributed by atoms with Gasteiger partial charge in [0.05, 0.1) is 17.7 Å². The largest absolute Gasteiger partial charge is 0.401 e. The second-order valence-electron chi connectivity index (χ2n) is 6.16. The maximum atomic E-state index is 13.2. The Morgan fingerprint density at radius 1 is 1.00 bits per heavy atom. The van der Waals surface area contributed by atoms with Crippen molar-refractivity contribution in [1.82, 2.24) is 15.1 Å². The summed E-state index contributed by atoms with van der Waals surface area (Å²) in [5.74, 6) is -3.45. The summed E-state index contributed by atoms with van der Waals surface area (Å²) >= 11 is 0. The summed E-state index contributed by atoms with van der Waals surface area (Å²) in [5, 5.41) is 6.56. The lowest BCUT2D eigenvalue weighted by Crippen LogP contribution is -2.67. The minimum Gasteiger partial charge on any atom is -0.315 e. The van der Waals surface area contributed by atoms with Crippen LogP contribution in [0.5, 0.6) is 0 Å². The summed E-state index contributed by atoms with van der Waals surface area (Å²) in [6.45, 7) is -0.564. The van der Waals surface area contributed by atoms with Crippen LogP contribution in [-0.4, -0.2) is 35.2 Å². The van der Waals surface area contributed by atoms with Crippen LogP contribution in [0, 0.1) is 5.92 Å². The van der Waals surface area contributed by atoms with Gasteiger partial charge in [-0.2, -0.15) is 31.4 Å². The summed E-state index contributed by atoms with van der Waals surface area (Å²) in [4.78, 5) is 0. The quantitative estimate of drug-likeness (QED) is 0.843. The summed E-state index contributed by atoms with van der Waals surface area (Å²) in [7, 11) is 0. The molecule has 136 valence electrons. The predicted molar refractivity (Wildman–Crippen MR) is 77.9 cm³/mol. The molecule has 1 fully saturated rings. The first-order chi connectivity index (χ1) is 11.6. The van der Waals surface area contributed by atoms with Gasteiger partial charge in [-0.15, -0.1) is 0 Å². The highest BCUT2D eigenvalue weighted by molar-refractivity contribution is 5.26. The highest BCUT2D eigenvalue weighted by atomic mass is 19.4. The van der Waals surface area contributed by atoms with Crippen molar-refractivity contribution in [3.05, 3.63) is 53.9 Å². The van der Waals surface area contributed by atoms with Crippen LogP contribution in [-0.2, 0) is 12.0 Å². The van der Waals surface area contributed by atoms with Crippen molar-refractivity contribution in [2.75, 3.05) is 13.1 Å². The van der Waals surface area contributed by atoms with Crippen molar-refractivity contribution in [1.29, 1.82) is 0 Å². The second kappa shape index (κ2) is 6.05. The molecule has 2 aromatic rings. The molecule has 0 spiro atoms. The van der Waals surface area contributed by atoms with Gasteiger partial charge in [-0.05, 0) is 11.6 Å². The molecule has 1 aliphatic heterocycles. The molecule has 0 saturated carbocycles. The molecule has 0 aliphatic carbocycles. The molecule has 1 saturated heterocycles. The van der Waals surface area contributed by atoms with E-state index in [9.17, 15) is 26.3 Å². The molecule has 1 aromatic heterocycles. The normalized spacial score (nSPS) is 17.6. The number of nitrogens with zero attached hydrogens (tertiary/aromatic N) is 2. The molecule has 0 unspecified atom stereocenters. The molecule has 2 heterocycles. The lowest BCUT2D eigenvalue weighted by atomic mass is 9.67. The number of halogens is 6. The molecule has 0 radical (unpaired) electrons. The van der Waals surface area contributed by atoms with Crippen LogP contribution in [0.15, 0.2) is 42.6 Å². The van der Waals surface area contributed by atoms with Crippen molar-refractivity contribution < 1.29 is 26.3 Å². The Hall–Kier alpha value is -2.03. The van der Waals surface area contributed by atoms with Gasteiger partial charge in [0.2, 0.25) is 0 Å². The average Bonchev–Trinajstić information content (AvgIpc) is 2.89. The zero-order valence-corrected chi connectivity index (χ0v) is 12.9. The summed E-state index contributed by atoms with van der Waals surface area (Å²) in [6, 6.07) is 10.2. The van der Waals surface area contributed by atoms with Crippen LogP contribution in [0.2, 0.25) is 0 Å². The van der Waals surface area contributed by atoms with Gasteiger partial charge in [-0.1, -0.05) is 30.3 Å². The monoisotopic (exact) mass is 363 g/mol. The first-order valence-electron chi connectivity index (χ1n) is 7.55. The highest BCUT2D eigenvalue weighted by Gasteiger charge is 2.69. The van der Waals surface area contributed by atoms with E-state index in [2.05, 4.69) is 10.4 Å². The zero-order chi connectivity index (χ0) is 18.3. The van der Waals surface area contributed by atoms with Crippen LogP contribution in [0.25, 0.3) is 0 Å². The van der Waals surface area contributed by atoms with E-state index in [-0.39, 0.29) is 12.2 Å². The molecule has 1 aromatic carbocycles. The molecule has 9 heteroatoms. The zero-order valence-electron chi connectivity index (χ0n) is 12.9. The molecule has 1 aliphatic rings. The minimum absolute atomic E-state index is 0.193. The topological polar surface area (TPSA) is 29.9 Å². The summed E-state index contributed by atoms with van der Waals surface area (Å²) < 4.78 is 80.5. The summed E-state index contributed by atoms with van der Waals surface area (Å²) in [6.07, 6.45) is -9.39. The molecule has 0 amide bonds. The number of rotatable bonds is 4. The van der Waals surface area contributed by atoms with Crippen LogP contribution in [0.1, 0.15) is 11.3 Å². The van der Waals surface area contributed by atoms with Crippen LogP contribution in [0.4, 0.5) is 26.3 Å². The van der Waals surface area contributed by atoms with Crippen LogP contribution in [0.3, 0.4) is 0 Å². The SMILES string of the molecule is FC(F)(F)C(C(F)(F)F)C1(c2ccn(Cc3ccccc3)n2)CNC1. The Balaban J connectivity index is 1.93. The Morgan fingerprint density at radius 3 is 2.08 bits per heavy atom. The molecule has 0 bridgehead atoms. The van der Waals surface area contributed by atoms with E-state index in [1.807, 2.05) is 6.07 Å².